The van der Waals surface area contributed by atoms with Crippen molar-refractivity contribution in [3.8, 4) is 0 Å². The largest absolute Gasteiger partial charge is 0.386 e. The Morgan fingerprint density at radius 3 is 2.92 bits per heavy atom. The number of nitrogen functional groups attached to an aromatic ring is 1. The van der Waals surface area contributed by atoms with Crippen molar-refractivity contribution in [2.24, 2.45) is 0 Å². The van der Waals surface area contributed by atoms with Gasteiger partial charge >= 0.3 is 0 Å². The lowest BCUT2D eigenvalue weighted by Crippen LogP contribution is -1.90. The van der Waals surface area contributed by atoms with Crippen LogP contribution in [0.25, 0.3) is 10.2 Å². The number of nitrogens with zero attached hydrogens (tertiary/aromatic N) is 1. The molecule has 4 heteroatoms. The minimum Gasteiger partial charge on any atom is -0.386 e. The summed E-state index contributed by atoms with van der Waals surface area (Å²) in [4.78, 5) is 4.26. The molecule has 0 aliphatic rings. The Kier molecular flexibility index (Phi) is 1.84. The van der Waals surface area contributed by atoms with E-state index in [0.717, 1.165) is 15.9 Å². The maximum Gasteiger partial charge on any atom is 0.181 e. The molecule has 1 aromatic heterocycles. The van der Waals surface area contributed by atoms with Gasteiger partial charge in [-0.05, 0) is 24.6 Å². The number of fused-ring (bicyclic) bond motifs is 1. The zero-order valence-corrected chi connectivity index (χ0v) is 8.40. The second-order valence-corrected chi connectivity index (χ2v) is 4.02. The van der Waals surface area contributed by atoms with E-state index in [2.05, 4.69) is 29.4 Å². The van der Waals surface area contributed by atoms with Crippen molar-refractivity contribution in [3.05, 3.63) is 17.7 Å². The molecule has 2 aromatic rings. The first kappa shape index (κ1) is 8.31. The predicted octanol–water partition coefficient (Wildman–Crippen LogP) is 2.23. The number of aryl methyl sites for hydroxylation is 1. The molecule has 0 saturated heterocycles. The number of hydrogen-bond donors (Lipinski definition) is 2. The fourth-order valence-electron chi connectivity index (χ4n) is 1.37. The van der Waals surface area contributed by atoms with E-state index in [9.17, 15) is 0 Å². The molecule has 13 heavy (non-hydrogen) atoms. The highest BCUT2D eigenvalue weighted by Crippen LogP contribution is 2.30. The highest BCUT2D eigenvalue weighted by atomic mass is 32.1. The van der Waals surface area contributed by atoms with Gasteiger partial charge in [0.15, 0.2) is 5.13 Å². The first-order chi connectivity index (χ1) is 6.20. The molecule has 0 unspecified atom stereocenters. The summed E-state index contributed by atoms with van der Waals surface area (Å²) < 4.78 is 1.14. The van der Waals surface area contributed by atoms with Crippen LogP contribution in [0.3, 0.4) is 0 Å². The summed E-state index contributed by atoms with van der Waals surface area (Å²) in [5, 5.41) is 3.74. The minimum atomic E-state index is 0.622. The molecule has 3 nitrogen and oxygen atoms in total. The van der Waals surface area contributed by atoms with Crippen molar-refractivity contribution >= 4 is 32.4 Å². The Morgan fingerprint density at radius 1 is 1.46 bits per heavy atom. The second-order valence-electron chi connectivity index (χ2n) is 2.96. The number of rotatable bonds is 1. The van der Waals surface area contributed by atoms with Crippen molar-refractivity contribution in [1.82, 2.24) is 4.98 Å². The molecule has 1 aromatic carbocycles. The van der Waals surface area contributed by atoms with Crippen LogP contribution in [-0.4, -0.2) is 12.0 Å². The Hall–Kier alpha value is -1.29. The monoisotopic (exact) mass is 193 g/mol. The molecular weight excluding hydrogens is 182 g/mol. The van der Waals surface area contributed by atoms with Crippen LogP contribution in [0.15, 0.2) is 12.1 Å². The quantitative estimate of drug-likeness (QED) is 0.730. The molecule has 0 amide bonds. The average Bonchev–Trinajstić information content (AvgIpc) is 2.43. The van der Waals surface area contributed by atoms with Crippen LogP contribution in [0, 0.1) is 6.92 Å². The topological polar surface area (TPSA) is 50.9 Å². The Morgan fingerprint density at radius 2 is 2.23 bits per heavy atom. The number of aromatic nitrogens is 1. The number of benzene rings is 1. The number of thiazole rings is 1. The average molecular weight is 193 g/mol. The zero-order valence-electron chi connectivity index (χ0n) is 7.59. The Balaban J connectivity index is 2.80. The first-order valence-corrected chi connectivity index (χ1v) is 4.87. The highest BCUT2D eigenvalue weighted by molar-refractivity contribution is 7.22. The summed E-state index contributed by atoms with van der Waals surface area (Å²) in [7, 11) is 1.89. The Bertz CT molecular complexity index is 447. The molecule has 1 heterocycles. The molecule has 2 rings (SSSR count). The van der Waals surface area contributed by atoms with Crippen LogP contribution < -0.4 is 11.1 Å². The molecule has 0 aliphatic heterocycles. The van der Waals surface area contributed by atoms with Crippen LogP contribution >= 0.6 is 11.3 Å². The van der Waals surface area contributed by atoms with Gasteiger partial charge in [-0.25, -0.2) is 4.98 Å². The van der Waals surface area contributed by atoms with Crippen LogP contribution in [0.4, 0.5) is 10.8 Å². The van der Waals surface area contributed by atoms with E-state index in [4.69, 9.17) is 5.73 Å². The van der Waals surface area contributed by atoms with Gasteiger partial charge in [-0.15, -0.1) is 0 Å². The molecule has 0 atom stereocenters. The van der Waals surface area contributed by atoms with Crippen molar-refractivity contribution in [1.29, 1.82) is 0 Å². The first-order valence-electron chi connectivity index (χ1n) is 4.05. The van der Waals surface area contributed by atoms with Crippen molar-refractivity contribution in [2.75, 3.05) is 18.1 Å². The highest BCUT2D eigenvalue weighted by Gasteiger charge is 2.05. The molecule has 0 saturated carbocycles. The third kappa shape index (κ3) is 1.33. The van der Waals surface area contributed by atoms with Crippen LogP contribution in [0.5, 0.6) is 0 Å². The van der Waals surface area contributed by atoms with Gasteiger partial charge in [0.25, 0.3) is 0 Å². The number of nitrogens with two attached hydrogens (primary N) is 1. The van der Waals surface area contributed by atoms with E-state index in [0.29, 0.717) is 5.13 Å². The molecular formula is C9H11N3S. The summed E-state index contributed by atoms with van der Waals surface area (Å²) in [5.41, 5.74) is 8.88. The fourth-order valence-corrected chi connectivity index (χ4v) is 2.23. The maximum atomic E-state index is 5.64. The van der Waals surface area contributed by atoms with E-state index in [1.807, 2.05) is 7.05 Å². The summed E-state index contributed by atoms with van der Waals surface area (Å²) in [6, 6.07) is 4.17. The van der Waals surface area contributed by atoms with Crippen molar-refractivity contribution in [2.45, 2.75) is 6.92 Å². The van der Waals surface area contributed by atoms with E-state index in [1.54, 1.807) is 0 Å². The number of nitrogens with one attached hydrogen (secondary N) is 1. The van der Waals surface area contributed by atoms with E-state index in [1.165, 1.54) is 16.9 Å². The van der Waals surface area contributed by atoms with Gasteiger partial charge in [0, 0.05) is 7.05 Å². The fraction of sp³-hybridized carbons (Fsp3) is 0.222. The number of hydrogen-bond acceptors (Lipinski definition) is 4. The van der Waals surface area contributed by atoms with Crippen LogP contribution in [0.2, 0.25) is 0 Å². The van der Waals surface area contributed by atoms with Gasteiger partial charge in [0.05, 0.1) is 10.4 Å². The smallest absolute Gasteiger partial charge is 0.181 e. The van der Waals surface area contributed by atoms with Gasteiger partial charge < -0.3 is 11.1 Å². The number of anilines is 2. The minimum absolute atomic E-state index is 0.622. The molecule has 0 bridgehead atoms. The maximum absolute atomic E-state index is 5.64. The molecule has 0 spiro atoms. The molecule has 0 fully saturated rings. The van der Waals surface area contributed by atoms with Gasteiger partial charge in [-0.3, -0.25) is 0 Å². The summed E-state index contributed by atoms with van der Waals surface area (Å²) in [6.45, 7) is 2.07. The van der Waals surface area contributed by atoms with Gasteiger partial charge in [0.1, 0.15) is 5.52 Å². The lowest BCUT2D eigenvalue weighted by atomic mass is 10.2. The standard InChI is InChI=1S/C9H11N3S/c1-5-3-6(11-2)8-7(4-5)13-9(10)12-8/h3-4,11H,1-2H3,(H2,10,12). The summed E-state index contributed by atoms with van der Waals surface area (Å²) in [5.74, 6) is 0. The summed E-state index contributed by atoms with van der Waals surface area (Å²) in [6.07, 6.45) is 0. The Labute approximate surface area is 80.6 Å². The zero-order chi connectivity index (χ0) is 9.42. The van der Waals surface area contributed by atoms with Crippen LogP contribution in [0.1, 0.15) is 5.56 Å². The van der Waals surface area contributed by atoms with E-state index >= 15 is 0 Å². The molecule has 0 aliphatic carbocycles. The SMILES string of the molecule is CNc1cc(C)cc2sc(N)nc12. The van der Waals surface area contributed by atoms with E-state index in [-0.39, 0.29) is 0 Å². The summed E-state index contributed by atoms with van der Waals surface area (Å²) >= 11 is 1.52. The predicted molar refractivity (Wildman–Crippen MR) is 58.3 cm³/mol. The normalized spacial score (nSPS) is 10.6. The van der Waals surface area contributed by atoms with E-state index < -0.39 is 0 Å². The van der Waals surface area contributed by atoms with Gasteiger partial charge in [0.2, 0.25) is 0 Å². The third-order valence-electron chi connectivity index (χ3n) is 1.93. The lowest BCUT2D eigenvalue weighted by Gasteiger charge is -2.01. The van der Waals surface area contributed by atoms with Crippen LogP contribution in [-0.2, 0) is 0 Å². The molecule has 3 N–H and O–H groups in total. The van der Waals surface area contributed by atoms with Crippen molar-refractivity contribution in [3.63, 3.8) is 0 Å². The van der Waals surface area contributed by atoms with Crippen molar-refractivity contribution < 1.29 is 0 Å². The molecule has 0 radical (unpaired) electrons. The van der Waals surface area contributed by atoms with Gasteiger partial charge in [-0.2, -0.15) is 0 Å². The van der Waals surface area contributed by atoms with Gasteiger partial charge in [-0.1, -0.05) is 11.3 Å². The third-order valence-corrected chi connectivity index (χ3v) is 2.76. The molecule has 68 valence electrons. The second kappa shape index (κ2) is 2.88. The lowest BCUT2D eigenvalue weighted by molar-refractivity contribution is 1.42.